The smallest absolute Gasteiger partial charge is 0.110 e. The molecule has 2 heterocycles. The van der Waals surface area contributed by atoms with Gasteiger partial charge in [0.2, 0.25) is 0 Å². The van der Waals surface area contributed by atoms with E-state index >= 15 is 0 Å². The van der Waals surface area contributed by atoms with Gasteiger partial charge in [-0.25, -0.2) is 4.39 Å². The number of morpholine rings is 1. The molecule has 2 atom stereocenters. The summed E-state index contributed by atoms with van der Waals surface area (Å²) in [5.41, 5.74) is 0.132. The van der Waals surface area contributed by atoms with Gasteiger partial charge in [-0.2, -0.15) is 11.3 Å². The van der Waals surface area contributed by atoms with Crippen molar-refractivity contribution >= 4 is 11.3 Å². The van der Waals surface area contributed by atoms with Gasteiger partial charge in [-0.05, 0) is 48.6 Å². The minimum absolute atomic E-state index is 0.168. The van der Waals surface area contributed by atoms with Crippen LogP contribution in [-0.4, -0.2) is 31.5 Å². The highest BCUT2D eigenvalue weighted by Gasteiger charge is 2.28. The summed E-state index contributed by atoms with van der Waals surface area (Å²) in [5, 5.41) is 7.44. The van der Waals surface area contributed by atoms with Crippen LogP contribution in [0.3, 0.4) is 0 Å². The van der Waals surface area contributed by atoms with Crippen LogP contribution < -0.4 is 5.32 Å². The lowest BCUT2D eigenvalue weighted by atomic mass is 9.92. The number of alkyl halides is 1. The minimum Gasteiger partial charge on any atom is -0.379 e. The van der Waals surface area contributed by atoms with Gasteiger partial charge >= 0.3 is 0 Å². The second kappa shape index (κ2) is 5.94. The summed E-state index contributed by atoms with van der Waals surface area (Å²) < 4.78 is 19.7. The van der Waals surface area contributed by atoms with E-state index in [2.05, 4.69) is 16.8 Å². The predicted molar refractivity (Wildman–Crippen MR) is 69.4 cm³/mol. The second-order valence-corrected chi connectivity index (χ2v) is 5.76. The van der Waals surface area contributed by atoms with Gasteiger partial charge < -0.3 is 10.1 Å². The van der Waals surface area contributed by atoms with E-state index in [4.69, 9.17) is 4.74 Å². The van der Waals surface area contributed by atoms with Crippen LogP contribution in [0.5, 0.6) is 0 Å². The van der Waals surface area contributed by atoms with Crippen molar-refractivity contribution < 1.29 is 9.13 Å². The molecular weight excluding hydrogens is 237 g/mol. The molecule has 2 rings (SSSR count). The third-order valence-corrected chi connectivity index (χ3v) is 3.92. The zero-order valence-electron chi connectivity index (χ0n) is 10.2. The number of aryl methyl sites for hydroxylation is 1. The molecule has 1 aromatic rings. The van der Waals surface area contributed by atoms with Crippen LogP contribution in [0.2, 0.25) is 0 Å². The molecule has 2 unspecified atom stereocenters. The molecule has 1 N–H and O–H groups in total. The number of nitrogens with one attached hydrogen (secondary N) is 1. The lowest BCUT2D eigenvalue weighted by molar-refractivity contribution is 0.0460. The van der Waals surface area contributed by atoms with Crippen molar-refractivity contribution in [3.05, 3.63) is 22.4 Å². The maximum Gasteiger partial charge on any atom is 0.110 e. The summed E-state index contributed by atoms with van der Waals surface area (Å²) in [6, 6.07) is 2.24. The van der Waals surface area contributed by atoms with Crippen LogP contribution in [0.15, 0.2) is 16.8 Å². The molecule has 1 saturated heterocycles. The first-order chi connectivity index (χ1) is 8.16. The van der Waals surface area contributed by atoms with Crippen LogP contribution in [0.25, 0.3) is 0 Å². The van der Waals surface area contributed by atoms with E-state index < -0.39 is 5.67 Å². The Morgan fingerprint density at radius 2 is 2.53 bits per heavy atom. The van der Waals surface area contributed by atoms with E-state index in [9.17, 15) is 4.39 Å². The summed E-state index contributed by atoms with van der Waals surface area (Å²) in [5.74, 6) is 0. The van der Waals surface area contributed by atoms with Gasteiger partial charge in [0, 0.05) is 12.6 Å². The fourth-order valence-electron chi connectivity index (χ4n) is 2.21. The van der Waals surface area contributed by atoms with Gasteiger partial charge in [0.15, 0.2) is 0 Å². The van der Waals surface area contributed by atoms with Gasteiger partial charge in [-0.1, -0.05) is 0 Å². The summed E-state index contributed by atoms with van der Waals surface area (Å²) in [6.07, 6.45) is 1.95. The highest BCUT2D eigenvalue weighted by molar-refractivity contribution is 7.07. The molecule has 0 radical (unpaired) electrons. The molecule has 0 spiro atoms. The maximum atomic E-state index is 14.4. The highest BCUT2D eigenvalue weighted by atomic mass is 32.1. The fourth-order valence-corrected chi connectivity index (χ4v) is 2.91. The van der Waals surface area contributed by atoms with Crippen LogP contribution in [0.4, 0.5) is 4.39 Å². The fraction of sp³-hybridized carbons (Fsp3) is 0.692. The number of hydrogen-bond acceptors (Lipinski definition) is 3. The van der Waals surface area contributed by atoms with E-state index in [0.717, 1.165) is 19.6 Å². The quantitative estimate of drug-likeness (QED) is 0.876. The molecule has 1 aliphatic heterocycles. The molecule has 0 bridgehead atoms. The summed E-state index contributed by atoms with van der Waals surface area (Å²) in [4.78, 5) is 0. The minimum atomic E-state index is -1.11. The van der Waals surface area contributed by atoms with Crippen molar-refractivity contribution in [2.75, 3.05) is 19.8 Å². The topological polar surface area (TPSA) is 21.3 Å². The van der Waals surface area contributed by atoms with Gasteiger partial charge in [-0.3, -0.25) is 0 Å². The lowest BCUT2D eigenvalue weighted by Crippen LogP contribution is -2.44. The van der Waals surface area contributed by atoms with Gasteiger partial charge in [-0.15, -0.1) is 0 Å². The lowest BCUT2D eigenvalue weighted by Gasteiger charge is -2.29. The van der Waals surface area contributed by atoms with Crippen molar-refractivity contribution in [3.8, 4) is 0 Å². The second-order valence-electron chi connectivity index (χ2n) is 4.98. The van der Waals surface area contributed by atoms with E-state index in [-0.39, 0.29) is 6.04 Å². The highest BCUT2D eigenvalue weighted by Crippen LogP contribution is 2.25. The molecule has 0 amide bonds. The Balaban J connectivity index is 1.77. The molecule has 0 aromatic carbocycles. The predicted octanol–water partition coefficient (Wildman–Crippen LogP) is 2.79. The standard InChI is InChI=1S/C13H20FNOS/c1-13(14,4-2-11-3-7-17-10-11)8-12-9-16-6-5-15-12/h3,7,10,12,15H,2,4-6,8-9H2,1H3. The maximum absolute atomic E-state index is 14.4. The molecule has 96 valence electrons. The number of rotatable bonds is 5. The Hall–Kier alpha value is -0.450. The Morgan fingerprint density at radius 3 is 3.18 bits per heavy atom. The van der Waals surface area contributed by atoms with Crippen molar-refractivity contribution in [2.45, 2.75) is 37.9 Å². The largest absolute Gasteiger partial charge is 0.379 e. The molecule has 1 aromatic heterocycles. The van der Waals surface area contributed by atoms with Crippen LogP contribution >= 0.6 is 11.3 Å². The first kappa shape index (κ1) is 13.0. The molecule has 0 aliphatic carbocycles. The van der Waals surface area contributed by atoms with Crippen LogP contribution in [0, 0.1) is 0 Å². The molecule has 1 aliphatic rings. The molecule has 2 nitrogen and oxygen atoms in total. The van der Waals surface area contributed by atoms with Crippen LogP contribution in [-0.2, 0) is 11.2 Å². The molecule has 17 heavy (non-hydrogen) atoms. The van der Waals surface area contributed by atoms with Gasteiger partial charge in [0.05, 0.1) is 13.2 Å². The van der Waals surface area contributed by atoms with Gasteiger partial charge in [0.1, 0.15) is 5.67 Å². The van der Waals surface area contributed by atoms with E-state index in [1.807, 2.05) is 5.38 Å². The van der Waals surface area contributed by atoms with Gasteiger partial charge in [0.25, 0.3) is 0 Å². The normalized spacial score (nSPS) is 24.5. The average Bonchev–Trinajstić information content (AvgIpc) is 2.80. The average molecular weight is 257 g/mol. The van der Waals surface area contributed by atoms with E-state index in [0.29, 0.717) is 19.4 Å². The summed E-state index contributed by atoms with van der Waals surface area (Å²) >= 11 is 1.67. The monoisotopic (exact) mass is 257 g/mol. The molecule has 0 saturated carbocycles. The summed E-state index contributed by atoms with van der Waals surface area (Å²) in [7, 11) is 0. The Bertz CT molecular complexity index is 320. The SMILES string of the molecule is CC(F)(CCc1ccsc1)CC1COCCN1. The number of hydrogen-bond donors (Lipinski definition) is 1. The number of halogens is 1. The van der Waals surface area contributed by atoms with Crippen molar-refractivity contribution in [1.29, 1.82) is 0 Å². The molecule has 4 heteroatoms. The van der Waals surface area contributed by atoms with Crippen molar-refractivity contribution in [1.82, 2.24) is 5.32 Å². The van der Waals surface area contributed by atoms with E-state index in [1.54, 1.807) is 18.3 Å². The van der Waals surface area contributed by atoms with Crippen LogP contribution in [0.1, 0.15) is 25.3 Å². The Morgan fingerprint density at radius 1 is 1.65 bits per heavy atom. The Kier molecular flexibility index (Phi) is 4.54. The first-order valence-electron chi connectivity index (χ1n) is 6.17. The zero-order chi connectivity index (χ0) is 12.1. The third kappa shape index (κ3) is 4.37. The summed E-state index contributed by atoms with van der Waals surface area (Å²) in [6.45, 7) is 3.92. The molecule has 1 fully saturated rings. The van der Waals surface area contributed by atoms with Crippen molar-refractivity contribution in [3.63, 3.8) is 0 Å². The first-order valence-corrected chi connectivity index (χ1v) is 7.11. The zero-order valence-corrected chi connectivity index (χ0v) is 11.1. The molecular formula is C13H20FNOS. The van der Waals surface area contributed by atoms with Crippen molar-refractivity contribution in [2.24, 2.45) is 0 Å². The Labute approximate surface area is 106 Å². The number of ether oxygens (including phenoxy) is 1. The number of thiophene rings is 1. The van der Waals surface area contributed by atoms with E-state index in [1.165, 1.54) is 5.56 Å². The third-order valence-electron chi connectivity index (χ3n) is 3.19.